The number of carbonyl (C=O) groups is 1. The molecule has 0 aromatic rings. The average Bonchev–Trinajstić information content (AvgIpc) is 2.25. The van der Waals surface area contributed by atoms with E-state index < -0.39 is 12.2 Å². The molecular weight excluding hydrogens is 156 g/mol. The van der Waals surface area contributed by atoms with Crippen LogP contribution in [0.2, 0.25) is 0 Å². The van der Waals surface area contributed by atoms with E-state index in [1.807, 2.05) is 6.92 Å². The maximum absolute atomic E-state index is 10.1. The third-order valence-corrected chi connectivity index (χ3v) is 2.88. The zero-order chi connectivity index (χ0) is 9.14. The van der Waals surface area contributed by atoms with Crippen molar-refractivity contribution in [2.75, 3.05) is 0 Å². The fraction of sp³-hybridized carbons (Fsp3) is 0.889. The second kappa shape index (κ2) is 4.01. The topological polar surface area (TPSA) is 57.5 Å². The Balaban J connectivity index is 2.45. The Kier molecular flexibility index (Phi) is 3.23. The molecule has 12 heavy (non-hydrogen) atoms. The number of aldehydes is 1. The third-order valence-electron chi connectivity index (χ3n) is 2.88. The van der Waals surface area contributed by atoms with Crippen molar-refractivity contribution in [3.63, 3.8) is 0 Å². The Hall–Kier alpha value is -0.410. The largest absolute Gasteiger partial charge is 0.393 e. The second-order valence-electron chi connectivity index (χ2n) is 3.64. The first-order valence-corrected chi connectivity index (χ1v) is 4.46. The van der Waals surface area contributed by atoms with Gasteiger partial charge in [-0.1, -0.05) is 6.92 Å². The van der Waals surface area contributed by atoms with Gasteiger partial charge in [0.15, 0.2) is 0 Å². The molecule has 1 saturated carbocycles. The zero-order valence-corrected chi connectivity index (χ0v) is 7.31. The fourth-order valence-electron chi connectivity index (χ4n) is 1.99. The molecule has 1 aliphatic carbocycles. The Bertz CT molecular complexity index is 158. The Morgan fingerprint density at radius 3 is 2.50 bits per heavy atom. The van der Waals surface area contributed by atoms with Gasteiger partial charge in [0, 0.05) is 6.42 Å². The van der Waals surface area contributed by atoms with Crippen LogP contribution in [0.3, 0.4) is 0 Å². The number of aliphatic hydroxyl groups is 2. The van der Waals surface area contributed by atoms with Crippen molar-refractivity contribution in [3.8, 4) is 0 Å². The lowest BCUT2D eigenvalue weighted by Gasteiger charge is -2.17. The first-order valence-electron chi connectivity index (χ1n) is 4.46. The Morgan fingerprint density at radius 2 is 2.08 bits per heavy atom. The van der Waals surface area contributed by atoms with Crippen molar-refractivity contribution in [1.82, 2.24) is 0 Å². The molecule has 0 spiro atoms. The summed E-state index contributed by atoms with van der Waals surface area (Å²) in [6.07, 6.45) is 1.70. The van der Waals surface area contributed by atoms with Gasteiger partial charge in [0.05, 0.1) is 12.2 Å². The smallest absolute Gasteiger partial charge is 0.120 e. The van der Waals surface area contributed by atoms with Gasteiger partial charge in [-0.05, 0) is 24.7 Å². The van der Waals surface area contributed by atoms with Gasteiger partial charge in [-0.2, -0.15) is 0 Å². The number of hydrogen-bond acceptors (Lipinski definition) is 3. The maximum atomic E-state index is 10.1. The summed E-state index contributed by atoms with van der Waals surface area (Å²) in [5, 5.41) is 18.9. The summed E-state index contributed by atoms with van der Waals surface area (Å²) in [6, 6.07) is 0. The molecule has 3 heteroatoms. The number of rotatable bonds is 3. The highest BCUT2D eigenvalue weighted by atomic mass is 16.3. The molecule has 1 fully saturated rings. The van der Waals surface area contributed by atoms with E-state index in [4.69, 9.17) is 0 Å². The van der Waals surface area contributed by atoms with Crippen LogP contribution in [0.15, 0.2) is 0 Å². The molecule has 4 atom stereocenters. The maximum Gasteiger partial charge on any atom is 0.120 e. The zero-order valence-electron chi connectivity index (χ0n) is 7.31. The van der Waals surface area contributed by atoms with Crippen molar-refractivity contribution < 1.29 is 15.0 Å². The van der Waals surface area contributed by atoms with E-state index in [2.05, 4.69) is 0 Å². The molecule has 0 aliphatic heterocycles. The predicted molar refractivity (Wildman–Crippen MR) is 44.6 cm³/mol. The summed E-state index contributed by atoms with van der Waals surface area (Å²) in [5.74, 6) is 0.227. The lowest BCUT2D eigenvalue weighted by Crippen LogP contribution is -2.19. The predicted octanol–water partition coefficient (Wildman–Crippen LogP) is 0.343. The molecule has 0 saturated heterocycles. The number of carbonyl (C=O) groups excluding carboxylic acids is 1. The lowest BCUT2D eigenvalue weighted by atomic mass is 9.91. The van der Waals surface area contributed by atoms with E-state index in [0.717, 1.165) is 6.29 Å². The highest BCUT2D eigenvalue weighted by Gasteiger charge is 2.37. The molecule has 70 valence electrons. The van der Waals surface area contributed by atoms with Crippen molar-refractivity contribution in [2.45, 2.75) is 38.4 Å². The lowest BCUT2D eigenvalue weighted by molar-refractivity contribution is -0.108. The van der Waals surface area contributed by atoms with Crippen LogP contribution in [-0.4, -0.2) is 28.7 Å². The summed E-state index contributed by atoms with van der Waals surface area (Å²) in [7, 11) is 0. The van der Waals surface area contributed by atoms with Crippen molar-refractivity contribution in [2.24, 2.45) is 11.8 Å². The molecule has 0 bridgehead atoms. The van der Waals surface area contributed by atoms with Gasteiger partial charge in [0.2, 0.25) is 0 Å². The van der Waals surface area contributed by atoms with Gasteiger partial charge in [0.25, 0.3) is 0 Å². The summed E-state index contributed by atoms with van der Waals surface area (Å²) >= 11 is 0. The van der Waals surface area contributed by atoms with Gasteiger partial charge >= 0.3 is 0 Å². The molecular formula is C9H16O3. The highest BCUT2D eigenvalue weighted by molar-refractivity contribution is 5.49. The van der Waals surface area contributed by atoms with Crippen LogP contribution in [-0.2, 0) is 4.79 Å². The van der Waals surface area contributed by atoms with Gasteiger partial charge < -0.3 is 15.0 Å². The first-order chi connectivity index (χ1) is 5.66. The number of aliphatic hydroxyl groups excluding tert-OH is 2. The summed E-state index contributed by atoms with van der Waals surface area (Å²) in [5.41, 5.74) is 0. The summed E-state index contributed by atoms with van der Waals surface area (Å²) in [4.78, 5) is 10.1. The molecule has 3 nitrogen and oxygen atoms in total. The van der Waals surface area contributed by atoms with E-state index in [1.165, 1.54) is 0 Å². The first kappa shape index (κ1) is 9.68. The normalized spacial score (nSPS) is 41.6. The van der Waals surface area contributed by atoms with Crippen LogP contribution in [0.4, 0.5) is 0 Å². The average molecular weight is 172 g/mol. The van der Waals surface area contributed by atoms with E-state index >= 15 is 0 Å². The molecule has 0 radical (unpaired) electrons. The van der Waals surface area contributed by atoms with Crippen LogP contribution < -0.4 is 0 Å². The van der Waals surface area contributed by atoms with Crippen molar-refractivity contribution in [3.05, 3.63) is 0 Å². The molecule has 2 N–H and O–H groups in total. The highest BCUT2D eigenvalue weighted by Crippen LogP contribution is 2.34. The monoisotopic (exact) mass is 172 g/mol. The van der Waals surface area contributed by atoms with Crippen LogP contribution in [0.25, 0.3) is 0 Å². The third kappa shape index (κ3) is 1.84. The fourth-order valence-corrected chi connectivity index (χ4v) is 1.99. The van der Waals surface area contributed by atoms with Crippen LogP contribution in [0.5, 0.6) is 0 Å². The van der Waals surface area contributed by atoms with Crippen LogP contribution >= 0.6 is 0 Å². The van der Waals surface area contributed by atoms with Gasteiger partial charge in [-0.15, -0.1) is 0 Å². The molecule has 1 rings (SSSR count). The van der Waals surface area contributed by atoms with E-state index in [9.17, 15) is 15.0 Å². The molecule has 0 aromatic carbocycles. The van der Waals surface area contributed by atoms with Gasteiger partial charge in [0.1, 0.15) is 6.29 Å². The standard InChI is InChI=1S/C9H16O3/c1-6-7(3-2-4-10)9(12)5-8(6)11/h4,6-9,11-12H,2-3,5H2,1H3/t6-,7-,8+,9-/m1/s1. The van der Waals surface area contributed by atoms with Crippen LogP contribution in [0, 0.1) is 11.8 Å². The second-order valence-corrected chi connectivity index (χ2v) is 3.64. The SMILES string of the molecule is C[C@@H]1[C@@H](CCC=O)[C@H](O)C[C@@H]1O. The van der Waals surface area contributed by atoms with Crippen molar-refractivity contribution >= 4 is 6.29 Å². The van der Waals surface area contributed by atoms with E-state index in [1.54, 1.807) is 0 Å². The Labute approximate surface area is 72.4 Å². The minimum atomic E-state index is -0.421. The molecule has 0 heterocycles. The number of hydrogen-bond donors (Lipinski definition) is 2. The minimum Gasteiger partial charge on any atom is -0.393 e. The quantitative estimate of drug-likeness (QED) is 0.604. The molecule has 1 aliphatic rings. The molecule has 0 amide bonds. The van der Waals surface area contributed by atoms with Gasteiger partial charge in [-0.3, -0.25) is 0 Å². The summed E-state index contributed by atoms with van der Waals surface area (Å²) in [6.45, 7) is 1.93. The molecule has 0 aromatic heterocycles. The van der Waals surface area contributed by atoms with E-state index in [-0.39, 0.29) is 11.8 Å². The van der Waals surface area contributed by atoms with Crippen molar-refractivity contribution in [1.29, 1.82) is 0 Å². The van der Waals surface area contributed by atoms with Crippen LogP contribution in [0.1, 0.15) is 26.2 Å². The van der Waals surface area contributed by atoms with E-state index in [0.29, 0.717) is 19.3 Å². The van der Waals surface area contributed by atoms with Gasteiger partial charge in [-0.25, -0.2) is 0 Å². The molecule has 0 unspecified atom stereocenters. The summed E-state index contributed by atoms with van der Waals surface area (Å²) < 4.78 is 0. The minimum absolute atomic E-state index is 0.102. The Morgan fingerprint density at radius 1 is 1.42 bits per heavy atom.